The largest absolute Gasteiger partial charge is 0.461 e. The van der Waals surface area contributed by atoms with Crippen molar-refractivity contribution < 1.29 is 4.42 Å². The van der Waals surface area contributed by atoms with E-state index in [0.29, 0.717) is 30.6 Å². The first-order valence-corrected chi connectivity index (χ1v) is 10.6. The SMILES string of the molecule is CCNC(=NCCc1nc(-c2ccco2)n[nH]1)NC1CCCC(SC)C1.I. The van der Waals surface area contributed by atoms with Gasteiger partial charge in [0.1, 0.15) is 5.82 Å². The minimum Gasteiger partial charge on any atom is -0.461 e. The Labute approximate surface area is 182 Å². The van der Waals surface area contributed by atoms with Crippen LogP contribution in [0.2, 0.25) is 0 Å². The Balaban J connectivity index is 0.00000261. The summed E-state index contributed by atoms with van der Waals surface area (Å²) in [6.07, 6.45) is 9.59. The monoisotopic (exact) mass is 504 g/mol. The van der Waals surface area contributed by atoms with Crippen molar-refractivity contribution in [3.63, 3.8) is 0 Å². The van der Waals surface area contributed by atoms with Crippen LogP contribution in [0.15, 0.2) is 27.8 Å². The van der Waals surface area contributed by atoms with Gasteiger partial charge in [0.2, 0.25) is 5.82 Å². The van der Waals surface area contributed by atoms with Crippen LogP contribution in [-0.4, -0.2) is 51.8 Å². The Morgan fingerprint density at radius 1 is 1.44 bits per heavy atom. The fraction of sp³-hybridized carbons (Fsp3) is 0.611. The van der Waals surface area contributed by atoms with Crippen LogP contribution in [0.25, 0.3) is 11.6 Å². The Hall–Kier alpha value is -1.23. The molecule has 2 unspecified atom stereocenters. The topological polar surface area (TPSA) is 91.1 Å². The van der Waals surface area contributed by atoms with Crippen molar-refractivity contribution in [2.45, 2.75) is 50.3 Å². The number of nitrogens with one attached hydrogen (secondary N) is 3. The number of nitrogens with zero attached hydrogens (tertiary/aromatic N) is 3. The molecule has 2 atom stereocenters. The minimum atomic E-state index is 0. The van der Waals surface area contributed by atoms with Gasteiger partial charge in [-0.05, 0) is 44.6 Å². The molecule has 27 heavy (non-hydrogen) atoms. The van der Waals surface area contributed by atoms with Gasteiger partial charge < -0.3 is 15.1 Å². The molecule has 1 aliphatic rings. The van der Waals surface area contributed by atoms with Gasteiger partial charge in [0.25, 0.3) is 0 Å². The number of halogens is 1. The fourth-order valence-electron chi connectivity index (χ4n) is 3.20. The van der Waals surface area contributed by atoms with Crippen LogP contribution in [0.1, 0.15) is 38.4 Å². The number of aliphatic imine (C=N–C) groups is 1. The molecular weight excluding hydrogens is 475 g/mol. The normalized spacial score (nSPS) is 20.1. The first kappa shape index (κ1) is 22.1. The van der Waals surface area contributed by atoms with E-state index in [4.69, 9.17) is 9.41 Å². The van der Waals surface area contributed by atoms with Gasteiger partial charge in [0.05, 0.1) is 6.26 Å². The number of thioether (sulfide) groups is 1. The van der Waals surface area contributed by atoms with E-state index < -0.39 is 0 Å². The molecule has 150 valence electrons. The highest BCUT2D eigenvalue weighted by atomic mass is 127. The number of rotatable bonds is 7. The first-order chi connectivity index (χ1) is 12.8. The molecular formula is C18H29IN6OS. The van der Waals surface area contributed by atoms with Crippen LogP contribution >= 0.6 is 35.7 Å². The van der Waals surface area contributed by atoms with E-state index in [1.165, 1.54) is 25.7 Å². The highest BCUT2D eigenvalue weighted by molar-refractivity contribution is 14.0. The van der Waals surface area contributed by atoms with E-state index in [1.54, 1.807) is 6.26 Å². The van der Waals surface area contributed by atoms with E-state index in [0.717, 1.165) is 23.6 Å². The Morgan fingerprint density at radius 3 is 3.07 bits per heavy atom. The van der Waals surface area contributed by atoms with Crippen LogP contribution < -0.4 is 10.6 Å². The molecule has 2 aromatic heterocycles. The fourth-order valence-corrected chi connectivity index (χ4v) is 4.03. The van der Waals surface area contributed by atoms with Gasteiger partial charge in [-0.1, -0.05) is 6.42 Å². The van der Waals surface area contributed by atoms with Crippen molar-refractivity contribution in [1.29, 1.82) is 0 Å². The highest BCUT2D eigenvalue weighted by Crippen LogP contribution is 2.26. The van der Waals surface area contributed by atoms with E-state index in [1.807, 2.05) is 23.9 Å². The number of hydrogen-bond acceptors (Lipinski definition) is 5. The molecule has 2 aromatic rings. The van der Waals surface area contributed by atoms with Crippen molar-refractivity contribution in [3.8, 4) is 11.6 Å². The van der Waals surface area contributed by atoms with E-state index in [9.17, 15) is 0 Å². The molecule has 0 amide bonds. The maximum absolute atomic E-state index is 5.32. The number of aromatic amines is 1. The van der Waals surface area contributed by atoms with Crippen LogP contribution in [0.4, 0.5) is 0 Å². The number of furan rings is 1. The minimum absolute atomic E-state index is 0. The second kappa shape index (κ2) is 11.6. The van der Waals surface area contributed by atoms with Gasteiger partial charge in [-0.25, -0.2) is 4.98 Å². The lowest BCUT2D eigenvalue weighted by Crippen LogP contribution is -2.45. The number of hydrogen-bond donors (Lipinski definition) is 3. The number of guanidine groups is 1. The molecule has 0 radical (unpaired) electrons. The summed E-state index contributed by atoms with van der Waals surface area (Å²) >= 11 is 1.98. The predicted molar refractivity (Wildman–Crippen MR) is 122 cm³/mol. The first-order valence-electron chi connectivity index (χ1n) is 9.31. The highest BCUT2D eigenvalue weighted by Gasteiger charge is 2.21. The molecule has 1 saturated carbocycles. The van der Waals surface area contributed by atoms with Crippen LogP contribution in [0.3, 0.4) is 0 Å². The zero-order chi connectivity index (χ0) is 18.2. The summed E-state index contributed by atoms with van der Waals surface area (Å²) in [7, 11) is 0. The van der Waals surface area contributed by atoms with Crippen molar-refractivity contribution in [1.82, 2.24) is 25.8 Å². The molecule has 1 fully saturated rings. The molecule has 9 heteroatoms. The molecule has 7 nitrogen and oxygen atoms in total. The zero-order valence-corrected chi connectivity index (χ0v) is 19.0. The molecule has 2 heterocycles. The Morgan fingerprint density at radius 2 is 2.33 bits per heavy atom. The molecule has 0 aliphatic heterocycles. The van der Waals surface area contributed by atoms with Crippen molar-refractivity contribution in [2.24, 2.45) is 4.99 Å². The number of H-pyrrole nitrogens is 1. The van der Waals surface area contributed by atoms with Crippen LogP contribution in [-0.2, 0) is 6.42 Å². The second-order valence-corrected chi connectivity index (χ2v) is 7.60. The van der Waals surface area contributed by atoms with Gasteiger partial charge in [-0.3, -0.25) is 10.1 Å². The molecule has 3 N–H and O–H groups in total. The maximum atomic E-state index is 5.32. The molecule has 3 rings (SSSR count). The predicted octanol–water partition coefficient (Wildman–Crippen LogP) is 3.45. The summed E-state index contributed by atoms with van der Waals surface area (Å²) in [5, 5.41) is 14.9. The van der Waals surface area contributed by atoms with Crippen molar-refractivity contribution >= 4 is 41.7 Å². The third kappa shape index (κ3) is 6.70. The van der Waals surface area contributed by atoms with Crippen LogP contribution in [0, 0.1) is 0 Å². The molecule has 0 aromatic carbocycles. The molecule has 0 spiro atoms. The summed E-state index contributed by atoms with van der Waals surface area (Å²) in [5.74, 6) is 2.97. The van der Waals surface area contributed by atoms with Gasteiger partial charge in [-0.15, -0.1) is 24.0 Å². The molecule has 1 aliphatic carbocycles. The number of aromatic nitrogens is 3. The van der Waals surface area contributed by atoms with Gasteiger partial charge in [-0.2, -0.15) is 16.9 Å². The summed E-state index contributed by atoms with van der Waals surface area (Å²) in [5.41, 5.74) is 0. The lowest BCUT2D eigenvalue weighted by atomic mass is 9.95. The van der Waals surface area contributed by atoms with Gasteiger partial charge in [0.15, 0.2) is 11.7 Å². The Kier molecular flexibility index (Phi) is 9.46. The average Bonchev–Trinajstić information content (AvgIpc) is 3.33. The van der Waals surface area contributed by atoms with Crippen molar-refractivity contribution in [2.75, 3.05) is 19.3 Å². The lowest BCUT2D eigenvalue weighted by Gasteiger charge is -2.29. The standard InChI is InChI=1S/C18H28N6OS.HI/c1-3-19-18(21-13-6-4-7-14(12-13)26-2)20-10-9-16-22-17(24-23-16)15-8-5-11-25-15;/h5,8,11,13-14H,3-4,6-7,9-10,12H2,1-2H3,(H2,19,20,21)(H,22,23,24);1H. The summed E-state index contributed by atoms with van der Waals surface area (Å²) in [6, 6.07) is 4.19. The van der Waals surface area contributed by atoms with E-state index in [2.05, 4.69) is 39.0 Å². The molecule has 0 saturated heterocycles. The molecule has 0 bridgehead atoms. The van der Waals surface area contributed by atoms with E-state index in [-0.39, 0.29) is 24.0 Å². The third-order valence-electron chi connectivity index (χ3n) is 4.54. The van der Waals surface area contributed by atoms with Gasteiger partial charge >= 0.3 is 0 Å². The quantitative estimate of drug-likeness (QED) is 0.304. The van der Waals surface area contributed by atoms with E-state index >= 15 is 0 Å². The lowest BCUT2D eigenvalue weighted by molar-refractivity contribution is 0.419. The zero-order valence-electron chi connectivity index (χ0n) is 15.9. The maximum Gasteiger partial charge on any atom is 0.216 e. The van der Waals surface area contributed by atoms with Crippen LogP contribution in [0.5, 0.6) is 0 Å². The summed E-state index contributed by atoms with van der Waals surface area (Å²) in [6.45, 7) is 3.60. The second-order valence-electron chi connectivity index (χ2n) is 6.46. The average molecular weight is 504 g/mol. The Bertz CT molecular complexity index is 690. The third-order valence-corrected chi connectivity index (χ3v) is 5.63. The van der Waals surface area contributed by atoms with Gasteiger partial charge in [0, 0.05) is 30.8 Å². The smallest absolute Gasteiger partial charge is 0.216 e. The summed E-state index contributed by atoms with van der Waals surface area (Å²) in [4.78, 5) is 9.16. The summed E-state index contributed by atoms with van der Waals surface area (Å²) < 4.78 is 5.32. The van der Waals surface area contributed by atoms with Crippen molar-refractivity contribution in [3.05, 3.63) is 24.2 Å².